The van der Waals surface area contributed by atoms with Crippen LogP contribution in [0.5, 0.6) is 11.5 Å². The number of hydrogen-bond acceptors (Lipinski definition) is 6. The summed E-state index contributed by atoms with van der Waals surface area (Å²) in [6.07, 6.45) is 1.48. The molecule has 208 valence electrons. The summed E-state index contributed by atoms with van der Waals surface area (Å²) in [5, 5.41) is 1.93. The van der Waals surface area contributed by atoms with Crippen LogP contribution in [-0.2, 0) is 16.2 Å². The number of anilines is 1. The van der Waals surface area contributed by atoms with Crippen molar-refractivity contribution < 1.29 is 37.0 Å². The predicted molar refractivity (Wildman–Crippen MR) is 154 cm³/mol. The number of halogens is 5. The molecule has 0 spiro atoms. The van der Waals surface area contributed by atoms with Crippen molar-refractivity contribution in [3.63, 3.8) is 0 Å². The predicted octanol–water partition coefficient (Wildman–Crippen LogP) is 7.01. The Balaban J connectivity index is 1.49. The lowest BCUT2D eigenvalue weighted by Gasteiger charge is -2.15. The molecule has 1 saturated heterocycles. The van der Waals surface area contributed by atoms with E-state index in [0.717, 1.165) is 11.6 Å². The van der Waals surface area contributed by atoms with Gasteiger partial charge in [0.15, 0.2) is 29.0 Å². The normalized spacial score (nSPS) is 14.2. The van der Waals surface area contributed by atoms with Crippen LogP contribution in [0.1, 0.15) is 18.1 Å². The summed E-state index contributed by atoms with van der Waals surface area (Å²) < 4.78 is 52.9. The van der Waals surface area contributed by atoms with Gasteiger partial charge < -0.3 is 14.8 Å². The minimum Gasteiger partial charge on any atom is -0.490 e. The number of hydrogen-bond donors (Lipinski definition) is 1. The lowest BCUT2D eigenvalue weighted by Crippen LogP contribution is -2.36. The van der Waals surface area contributed by atoms with E-state index >= 15 is 0 Å². The molecule has 4 rings (SSSR count). The fourth-order valence-corrected chi connectivity index (χ4v) is 5.30. The van der Waals surface area contributed by atoms with E-state index in [9.17, 15) is 27.6 Å². The van der Waals surface area contributed by atoms with E-state index in [0.29, 0.717) is 55.0 Å². The van der Waals surface area contributed by atoms with E-state index in [4.69, 9.17) is 21.1 Å². The van der Waals surface area contributed by atoms with Gasteiger partial charge in [-0.25, -0.2) is 13.2 Å². The number of imide groups is 1. The van der Waals surface area contributed by atoms with Crippen LogP contribution >= 0.6 is 46.0 Å². The lowest BCUT2D eigenvalue weighted by molar-refractivity contribution is -0.127. The summed E-state index contributed by atoms with van der Waals surface area (Å²) in [7, 11) is 0. The van der Waals surface area contributed by atoms with Crippen molar-refractivity contribution in [2.24, 2.45) is 0 Å². The fourth-order valence-electron chi connectivity index (χ4n) is 3.55. The molecule has 1 aliphatic heterocycles. The van der Waals surface area contributed by atoms with E-state index < -0.39 is 46.7 Å². The number of rotatable bonds is 9. The van der Waals surface area contributed by atoms with E-state index in [2.05, 4.69) is 22.6 Å². The van der Waals surface area contributed by atoms with Crippen LogP contribution in [0.25, 0.3) is 6.08 Å². The van der Waals surface area contributed by atoms with Gasteiger partial charge >= 0.3 is 0 Å². The molecule has 0 radical (unpaired) electrons. The van der Waals surface area contributed by atoms with Gasteiger partial charge in [0.05, 0.1) is 20.8 Å². The van der Waals surface area contributed by atoms with Crippen LogP contribution in [0.4, 0.5) is 23.7 Å². The number of carbonyl (C=O) groups is 3. The van der Waals surface area contributed by atoms with Crippen LogP contribution in [0, 0.1) is 21.0 Å². The van der Waals surface area contributed by atoms with Crippen LogP contribution < -0.4 is 14.8 Å². The third-order valence-corrected chi connectivity index (χ3v) is 7.37. The maximum atomic E-state index is 13.9. The van der Waals surface area contributed by atoms with Gasteiger partial charge in [-0.3, -0.25) is 19.3 Å². The summed E-state index contributed by atoms with van der Waals surface area (Å²) in [5.74, 6) is -5.55. The molecule has 3 aromatic carbocycles. The second-order valence-electron chi connectivity index (χ2n) is 8.22. The molecule has 0 unspecified atom stereocenters. The van der Waals surface area contributed by atoms with Crippen molar-refractivity contribution in [1.29, 1.82) is 0 Å². The van der Waals surface area contributed by atoms with Gasteiger partial charge in [-0.15, -0.1) is 0 Å². The third-order valence-electron chi connectivity index (χ3n) is 5.41. The summed E-state index contributed by atoms with van der Waals surface area (Å²) in [6, 6.07) is 12.1. The first kappa shape index (κ1) is 29.7. The molecule has 7 nitrogen and oxygen atoms in total. The minimum absolute atomic E-state index is 0.0462. The maximum absolute atomic E-state index is 13.9. The second-order valence-corrected chi connectivity index (χ2v) is 10.8. The Bertz CT molecular complexity index is 1520. The van der Waals surface area contributed by atoms with Crippen LogP contribution in [0.2, 0.25) is 5.02 Å². The van der Waals surface area contributed by atoms with Crippen molar-refractivity contribution in [2.75, 3.05) is 18.5 Å². The molecule has 1 heterocycles. The number of carbonyl (C=O) groups excluding carboxylic acids is 3. The number of nitrogens with zero attached hydrogens (tertiary/aromatic N) is 1. The molecule has 0 aromatic heterocycles. The molecular formula is C27H19ClF3IN2O5S. The highest BCUT2D eigenvalue weighted by Gasteiger charge is 2.36. The van der Waals surface area contributed by atoms with Crippen molar-refractivity contribution in [3.05, 3.63) is 90.6 Å². The fraction of sp³-hybridized carbons (Fsp3) is 0.148. The first-order chi connectivity index (χ1) is 19.1. The first-order valence-corrected chi connectivity index (χ1v) is 13.9. The molecule has 0 saturated carbocycles. The number of nitrogens with one attached hydrogen (secondary N) is 1. The van der Waals surface area contributed by atoms with Crippen molar-refractivity contribution >= 4 is 74.8 Å². The van der Waals surface area contributed by atoms with E-state index in [1.54, 1.807) is 24.3 Å². The zero-order valence-corrected chi connectivity index (χ0v) is 24.3. The monoisotopic (exact) mass is 702 g/mol. The smallest absolute Gasteiger partial charge is 0.294 e. The molecule has 0 aliphatic carbocycles. The third kappa shape index (κ3) is 6.91. The molecule has 13 heteroatoms. The molecule has 40 heavy (non-hydrogen) atoms. The summed E-state index contributed by atoms with van der Waals surface area (Å²) >= 11 is 8.63. The Morgan fingerprint density at radius 2 is 1.80 bits per heavy atom. The van der Waals surface area contributed by atoms with Crippen molar-refractivity contribution in [3.8, 4) is 11.5 Å². The average molecular weight is 703 g/mol. The van der Waals surface area contributed by atoms with Gasteiger partial charge in [-0.05, 0) is 94.9 Å². The second kappa shape index (κ2) is 13.0. The average Bonchev–Trinajstić information content (AvgIpc) is 3.17. The van der Waals surface area contributed by atoms with Gasteiger partial charge in [0.25, 0.3) is 11.1 Å². The van der Waals surface area contributed by atoms with Gasteiger partial charge in [0.2, 0.25) is 5.91 Å². The zero-order chi connectivity index (χ0) is 29.0. The van der Waals surface area contributed by atoms with E-state index in [1.165, 1.54) is 6.08 Å². The Labute approximate surface area is 249 Å². The largest absolute Gasteiger partial charge is 0.490 e. The summed E-state index contributed by atoms with van der Waals surface area (Å²) in [6.45, 7) is 1.67. The molecule has 1 fully saturated rings. The Kier molecular flexibility index (Phi) is 9.64. The maximum Gasteiger partial charge on any atom is 0.294 e. The van der Waals surface area contributed by atoms with Gasteiger partial charge in [0.1, 0.15) is 13.2 Å². The number of benzene rings is 3. The molecule has 1 aliphatic rings. The Morgan fingerprint density at radius 1 is 1.07 bits per heavy atom. The van der Waals surface area contributed by atoms with Gasteiger partial charge in [0, 0.05) is 5.02 Å². The lowest BCUT2D eigenvalue weighted by atomic mass is 10.1. The Hall–Kier alpha value is -3.23. The zero-order valence-electron chi connectivity index (χ0n) is 20.6. The number of thioether (sulfide) groups is 1. The highest BCUT2D eigenvalue weighted by molar-refractivity contribution is 14.1. The Morgan fingerprint density at radius 3 is 2.50 bits per heavy atom. The van der Waals surface area contributed by atoms with Crippen molar-refractivity contribution in [2.45, 2.75) is 13.5 Å². The topological polar surface area (TPSA) is 84.9 Å². The standard InChI is InChI=1S/C27H19ClF3IN2O5S/c1-2-38-20-10-15(9-18(32)25(20)39-13-14-3-5-16(28)6-4-14)11-21-26(36)34(27(37)40-21)12-22(35)33-19-8-7-17(29)23(30)24(19)31/h3-11H,2,12-13H2,1H3,(H,33,35)/b21-11+. The number of ether oxygens (including phenoxy) is 2. The SMILES string of the molecule is CCOc1cc(/C=C2/SC(=O)N(CC(=O)Nc3ccc(F)c(F)c3F)C2=O)cc(I)c1OCc1ccc(Cl)cc1. The van der Waals surface area contributed by atoms with Crippen molar-refractivity contribution in [1.82, 2.24) is 4.90 Å². The highest BCUT2D eigenvalue weighted by Crippen LogP contribution is 2.38. The molecule has 0 bridgehead atoms. The first-order valence-electron chi connectivity index (χ1n) is 11.6. The van der Waals surface area contributed by atoms with Crippen LogP contribution in [0.3, 0.4) is 0 Å². The van der Waals surface area contributed by atoms with Crippen LogP contribution in [0.15, 0.2) is 53.4 Å². The van der Waals surface area contributed by atoms with Gasteiger partial charge in [-0.1, -0.05) is 23.7 Å². The molecule has 1 N–H and O–H groups in total. The summed E-state index contributed by atoms with van der Waals surface area (Å²) in [4.78, 5) is 38.4. The summed E-state index contributed by atoms with van der Waals surface area (Å²) in [5.41, 5.74) is 0.824. The quantitative estimate of drug-likeness (QED) is 0.147. The van der Waals surface area contributed by atoms with E-state index in [1.807, 2.05) is 24.4 Å². The van der Waals surface area contributed by atoms with E-state index in [-0.39, 0.29) is 11.5 Å². The van der Waals surface area contributed by atoms with Crippen LogP contribution in [-0.4, -0.2) is 35.1 Å². The molecule has 0 atom stereocenters. The van der Waals surface area contributed by atoms with Gasteiger partial charge in [-0.2, -0.15) is 0 Å². The number of amides is 3. The molecule has 3 aromatic rings. The molecule has 3 amide bonds. The molecular weight excluding hydrogens is 684 g/mol. The highest BCUT2D eigenvalue weighted by atomic mass is 127. The minimum atomic E-state index is -1.76.